The zero-order chi connectivity index (χ0) is 19.3. The Labute approximate surface area is 149 Å². The van der Waals surface area contributed by atoms with Crippen molar-refractivity contribution in [3.63, 3.8) is 0 Å². The van der Waals surface area contributed by atoms with Gasteiger partial charge in [-0.2, -0.15) is 0 Å². The monoisotopic (exact) mass is 365 g/mol. The average Bonchev–Trinajstić information content (AvgIpc) is 2.58. The summed E-state index contributed by atoms with van der Waals surface area (Å²) in [6.07, 6.45) is -0.204. The second kappa shape index (κ2) is 8.28. The summed E-state index contributed by atoms with van der Waals surface area (Å²) in [6, 6.07) is 2.02. The number of rotatable bonds is 4. The molecule has 1 aliphatic rings. The zero-order valence-corrected chi connectivity index (χ0v) is 14.4. The van der Waals surface area contributed by atoms with Crippen LogP contribution in [0.25, 0.3) is 0 Å². The SMILES string of the molecule is CNC(=O)CC1C(=O)NCCN1C(=O)Nc1cc(NC(C)=O)ccc1F. The first-order chi connectivity index (χ1) is 12.3. The van der Waals surface area contributed by atoms with E-state index in [9.17, 15) is 23.6 Å². The largest absolute Gasteiger partial charge is 0.359 e. The van der Waals surface area contributed by atoms with Crippen LogP contribution in [-0.2, 0) is 14.4 Å². The number of carbonyl (C=O) groups is 4. The van der Waals surface area contributed by atoms with E-state index >= 15 is 0 Å². The van der Waals surface area contributed by atoms with E-state index in [1.165, 1.54) is 31.0 Å². The predicted molar refractivity (Wildman–Crippen MR) is 91.9 cm³/mol. The number of anilines is 2. The van der Waals surface area contributed by atoms with Gasteiger partial charge in [-0.25, -0.2) is 9.18 Å². The van der Waals surface area contributed by atoms with E-state index in [2.05, 4.69) is 21.3 Å². The van der Waals surface area contributed by atoms with Gasteiger partial charge in [0.05, 0.1) is 12.1 Å². The summed E-state index contributed by atoms with van der Waals surface area (Å²) in [6.45, 7) is 1.70. The Hall–Kier alpha value is -3.17. The van der Waals surface area contributed by atoms with E-state index in [1.807, 2.05) is 0 Å². The van der Waals surface area contributed by atoms with Crippen molar-refractivity contribution < 1.29 is 23.6 Å². The smallest absolute Gasteiger partial charge is 0.322 e. The molecule has 5 amide bonds. The van der Waals surface area contributed by atoms with E-state index in [4.69, 9.17) is 0 Å². The molecule has 1 atom stereocenters. The summed E-state index contributed by atoms with van der Waals surface area (Å²) in [5, 5.41) is 9.86. The minimum absolute atomic E-state index is 0.147. The molecule has 1 fully saturated rings. The summed E-state index contributed by atoms with van der Waals surface area (Å²) in [5.41, 5.74) is 0.165. The molecule has 0 spiro atoms. The normalized spacial score (nSPS) is 16.5. The number of hydrogen-bond donors (Lipinski definition) is 4. The van der Waals surface area contributed by atoms with Gasteiger partial charge in [0, 0.05) is 32.7 Å². The van der Waals surface area contributed by atoms with Crippen molar-refractivity contribution in [3.8, 4) is 0 Å². The third-order valence-electron chi connectivity index (χ3n) is 3.78. The number of carbonyl (C=O) groups excluding carboxylic acids is 4. The first kappa shape index (κ1) is 19.2. The van der Waals surface area contributed by atoms with E-state index in [-0.39, 0.29) is 31.1 Å². The van der Waals surface area contributed by atoms with Crippen molar-refractivity contribution in [2.75, 3.05) is 30.8 Å². The lowest BCUT2D eigenvalue weighted by molar-refractivity contribution is -0.132. The average molecular weight is 365 g/mol. The molecule has 1 aromatic carbocycles. The Balaban J connectivity index is 2.17. The van der Waals surface area contributed by atoms with Gasteiger partial charge in [0.25, 0.3) is 0 Å². The van der Waals surface area contributed by atoms with Crippen molar-refractivity contribution in [3.05, 3.63) is 24.0 Å². The highest BCUT2D eigenvalue weighted by Gasteiger charge is 2.34. The molecular formula is C16H20FN5O4. The van der Waals surface area contributed by atoms with Gasteiger partial charge in [-0.3, -0.25) is 14.4 Å². The van der Waals surface area contributed by atoms with Crippen LogP contribution in [-0.4, -0.2) is 54.8 Å². The fourth-order valence-corrected chi connectivity index (χ4v) is 2.53. The van der Waals surface area contributed by atoms with Gasteiger partial charge >= 0.3 is 6.03 Å². The third-order valence-corrected chi connectivity index (χ3v) is 3.78. The van der Waals surface area contributed by atoms with Crippen LogP contribution >= 0.6 is 0 Å². The number of nitrogens with one attached hydrogen (secondary N) is 4. The number of urea groups is 1. The van der Waals surface area contributed by atoms with Crippen LogP contribution in [0.1, 0.15) is 13.3 Å². The van der Waals surface area contributed by atoms with E-state index in [0.29, 0.717) is 5.69 Å². The summed E-state index contributed by atoms with van der Waals surface area (Å²) in [4.78, 5) is 48.4. The van der Waals surface area contributed by atoms with Crippen molar-refractivity contribution in [1.82, 2.24) is 15.5 Å². The lowest BCUT2D eigenvalue weighted by Gasteiger charge is -2.34. The molecular weight excluding hydrogens is 345 g/mol. The first-order valence-corrected chi connectivity index (χ1v) is 7.95. The van der Waals surface area contributed by atoms with Crippen LogP contribution in [0.5, 0.6) is 0 Å². The van der Waals surface area contributed by atoms with Crippen molar-refractivity contribution in [2.45, 2.75) is 19.4 Å². The Kier molecular flexibility index (Phi) is 6.10. The Morgan fingerprint density at radius 2 is 2.04 bits per heavy atom. The third kappa shape index (κ3) is 4.68. The van der Waals surface area contributed by atoms with Crippen LogP contribution in [0.4, 0.5) is 20.6 Å². The standard InChI is InChI=1S/C16H20FN5O4/c1-9(23)20-10-3-4-11(17)12(7-10)21-16(26)22-6-5-19-15(25)13(22)8-14(24)18-2/h3-4,7,13H,5-6,8H2,1-2H3,(H,18,24)(H,19,25)(H,20,23)(H,21,26). The van der Waals surface area contributed by atoms with Crippen molar-refractivity contribution in [2.24, 2.45) is 0 Å². The maximum absolute atomic E-state index is 14.0. The summed E-state index contributed by atoms with van der Waals surface area (Å²) in [5.74, 6) is -1.89. The highest BCUT2D eigenvalue weighted by molar-refractivity contribution is 5.97. The number of nitrogens with zero attached hydrogens (tertiary/aromatic N) is 1. The van der Waals surface area contributed by atoms with Gasteiger partial charge in [-0.15, -0.1) is 0 Å². The molecule has 1 aliphatic heterocycles. The lowest BCUT2D eigenvalue weighted by atomic mass is 10.1. The maximum atomic E-state index is 14.0. The van der Waals surface area contributed by atoms with Gasteiger partial charge in [0.1, 0.15) is 11.9 Å². The number of piperazine rings is 1. The highest BCUT2D eigenvalue weighted by Crippen LogP contribution is 2.21. The first-order valence-electron chi connectivity index (χ1n) is 7.95. The van der Waals surface area contributed by atoms with E-state index in [1.54, 1.807) is 0 Å². The minimum Gasteiger partial charge on any atom is -0.359 e. The Morgan fingerprint density at radius 3 is 2.69 bits per heavy atom. The minimum atomic E-state index is -0.995. The van der Waals surface area contributed by atoms with Crippen LogP contribution < -0.4 is 21.3 Å². The molecule has 1 aromatic rings. The van der Waals surface area contributed by atoms with Crippen LogP contribution in [0.3, 0.4) is 0 Å². The zero-order valence-electron chi connectivity index (χ0n) is 14.4. The fraction of sp³-hybridized carbons (Fsp3) is 0.375. The maximum Gasteiger partial charge on any atom is 0.322 e. The van der Waals surface area contributed by atoms with E-state index in [0.717, 1.165) is 6.07 Å². The molecule has 0 bridgehead atoms. The number of benzene rings is 1. The molecule has 26 heavy (non-hydrogen) atoms. The molecule has 140 valence electrons. The molecule has 0 aromatic heterocycles. The second-order valence-corrected chi connectivity index (χ2v) is 5.68. The molecule has 0 radical (unpaired) electrons. The molecule has 9 nitrogen and oxygen atoms in total. The molecule has 1 unspecified atom stereocenters. The van der Waals surface area contributed by atoms with Gasteiger partial charge in [0.2, 0.25) is 17.7 Å². The molecule has 0 saturated carbocycles. The quantitative estimate of drug-likeness (QED) is 0.611. The molecule has 0 aliphatic carbocycles. The second-order valence-electron chi connectivity index (χ2n) is 5.68. The van der Waals surface area contributed by atoms with Gasteiger partial charge in [-0.05, 0) is 18.2 Å². The van der Waals surface area contributed by atoms with Crippen LogP contribution in [0, 0.1) is 5.82 Å². The molecule has 1 heterocycles. The molecule has 2 rings (SSSR count). The van der Waals surface area contributed by atoms with E-state index < -0.39 is 29.7 Å². The Morgan fingerprint density at radius 1 is 1.31 bits per heavy atom. The number of amides is 5. The highest BCUT2D eigenvalue weighted by atomic mass is 19.1. The fourth-order valence-electron chi connectivity index (χ4n) is 2.53. The van der Waals surface area contributed by atoms with Crippen molar-refractivity contribution >= 4 is 35.1 Å². The van der Waals surface area contributed by atoms with Gasteiger partial charge in [-0.1, -0.05) is 0 Å². The lowest BCUT2D eigenvalue weighted by Crippen LogP contribution is -2.59. The molecule has 1 saturated heterocycles. The summed E-state index contributed by atoms with van der Waals surface area (Å²) >= 11 is 0. The summed E-state index contributed by atoms with van der Waals surface area (Å²) < 4.78 is 14.0. The Bertz CT molecular complexity index is 739. The van der Waals surface area contributed by atoms with Gasteiger partial charge < -0.3 is 26.2 Å². The van der Waals surface area contributed by atoms with Crippen LogP contribution in [0.15, 0.2) is 18.2 Å². The number of halogens is 1. The number of hydrogen-bond acceptors (Lipinski definition) is 4. The predicted octanol–water partition coefficient (Wildman–Crippen LogP) is 0.253. The molecule has 4 N–H and O–H groups in total. The van der Waals surface area contributed by atoms with Gasteiger partial charge in [0.15, 0.2) is 0 Å². The molecule has 10 heteroatoms. The topological polar surface area (TPSA) is 120 Å². The van der Waals surface area contributed by atoms with Crippen LogP contribution in [0.2, 0.25) is 0 Å². The van der Waals surface area contributed by atoms with Crippen molar-refractivity contribution in [1.29, 1.82) is 0 Å². The summed E-state index contributed by atoms with van der Waals surface area (Å²) in [7, 11) is 1.43.